The van der Waals surface area contributed by atoms with Crippen molar-refractivity contribution in [3.05, 3.63) is 48.0 Å². The van der Waals surface area contributed by atoms with Crippen LogP contribution in [0.5, 0.6) is 11.5 Å². The van der Waals surface area contributed by atoms with Crippen LogP contribution in [0.25, 0.3) is 10.2 Å². The van der Waals surface area contributed by atoms with E-state index in [-0.39, 0.29) is 5.91 Å². The van der Waals surface area contributed by atoms with Crippen LogP contribution in [0.1, 0.15) is 17.3 Å². The van der Waals surface area contributed by atoms with E-state index < -0.39 is 0 Å². The summed E-state index contributed by atoms with van der Waals surface area (Å²) >= 11 is 1.42. The van der Waals surface area contributed by atoms with Gasteiger partial charge in [-0.3, -0.25) is 10.1 Å². The summed E-state index contributed by atoms with van der Waals surface area (Å²) in [6.45, 7) is 2.56. The first-order valence-electron chi connectivity index (χ1n) is 7.18. The molecule has 5 nitrogen and oxygen atoms in total. The van der Waals surface area contributed by atoms with Gasteiger partial charge in [0.05, 0.1) is 23.9 Å². The smallest absolute Gasteiger partial charge is 0.257 e. The Morgan fingerprint density at radius 3 is 2.87 bits per heavy atom. The highest BCUT2D eigenvalue weighted by atomic mass is 32.1. The van der Waals surface area contributed by atoms with Gasteiger partial charge in [0.1, 0.15) is 11.5 Å². The third-order valence-electron chi connectivity index (χ3n) is 3.22. The zero-order valence-electron chi connectivity index (χ0n) is 12.8. The van der Waals surface area contributed by atoms with Gasteiger partial charge >= 0.3 is 0 Å². The fourth-order valence-electron chi connectivity index (χ4n) is 2.15. The van der Waals surface area contributed by atoms with E-state index in [0.717, 1.165) is 16.0 Å². The topological polar surface area (TPSA) is 60.5 Å². The minimum Gasteiger partial charge on any atom is -0.497 e. The number of methoxy groups -OCH3 is 1. The zero-order valence-corrected chi connectivity index (χ0v) is 13.6. The minimum absolute atomic E-state index is 0.215. The average Bonchev–Trinajstić information content (AvgIpc) is 2.96. The first kappa shape index (κ1) is 15.3. The molecule has 0 unspecified atom stereocenters. The first-order chi connectivity index (χ1) is 11.2. The number of hydrogen-bond acceptors (Lipinski definition) is 5. The summed E-state index contributed by atoms with van der Waals surface area (Å²) in [4.78, 5) is 16.7. The van der Waals surface area contributed by atoms with Crippen LogP contribution < -0.4 is 14.8 Å². The molecule has 0 atom stereocenters. The van der Waals surface area contributed by atoms with E-state index in [1.54, 1.807) is 31.4 Å². The number of benzene rings is 2. The van der Waals surface area contributed by atoms with Crippen molar-refractivity contribution in [3.63, 3.8) is 0 Å². The quantitative estimate of drug-likeness (QED) is 0.770. The molecule has 1 aromatic heterocycles. The van der Waals surface area contributed by atoms with Gasteiger partial charge in [0.2, 0.25) is 0 Å². The van der Waals surface area contributed by atoms with Gasteiger partial charge in [-0.2, -0.15) is 0 Å². The average molecular weight is 328 g/mol. The van der Waals surface area contributed by atoms with Crippen LogP contribution in [-0.2, 0) is 0 Å². The number of nitrogens with zero attached hydrogens (tertiary/aromatic N) is 1. The molecule has 1 heterocycles. The summed E-state index contributed by atoms with van der Waals surface area (Å²) < 4.78 is 11.6. The fourth-order valence-corrected chi connectivity index (χ4v) is 3.04. The van der Waals surface area contributed by atoms with Crippen molar-refractivity contribution in [2.24, 2.45) is 0 Å². The van der Waals surface area contributed by atoms with Crippen LogP contribution in [-0.4, -0.2) is 24.6 Å². The van der Waals surface area contributed by atoms with Gasteiger partial charge in [0.25, 0.3) is 5.91 Å². The SMILES string of the molecule is CCOc1ccc2nc(NC(=O)c3cccc(OC)c3)sc2c1. The Kier molecular flexibility index (Phi) is 4.43. The maximum Gasteiger partial charge on any atom is 0.257 e. The third-order valence-corrected chi connectivity index (χ3v) is 4.16. The normalized spacial score (nSPS) is 10.5. The van der Waals surface area contributed by atoms with Gasteiger partial charge in [-0.25, -0.2) is 4.98 Å². The Hall–Kier alpha value is -2.60. The standard InChI is InChI=1S/C17H16N2O3S/c1-3-22-13-7-8-14-15(10-13)23-17(18-14)19-16(20)11-5-4-6-12(9-11)21-2/h4-10H,3H2,1-2H3,(H,18,19,20). The van der Waals surface area contributed by atoms with Crippen molar-refractivity contribution in [2.45, 2.75) is 6.92 Å². The van der Waals surface area contributed by atoms with Gasteiger partial charge in [-0.05, 0) is 43.3 Å². The molecule has 118 valence electrons. The lowest BCUT2D eigenvalue weighted by atomic mass is 10.2. The molecule has 23 heavy (non-hydrogen) atoms. The van der Waals surface area contributed by atoms with Gasteiger partial charge in [0, 0.05) is 5.56 Å². The van der Waals surface area contributed by atoms with Crippen molar-refractivity contribution in [1.29, 1.82) is 0 Å². The molecule has 2 aromatic carbocycles. The molecule has 0 aliphatic rings. The molecule has 3 aromatic rings. The predicted octanol–water partition coefficient (Wildman–Crippen LogP) is 3.96. The summed E-state index contributed by atoms with van der Waals surface area (Å²) in [5, 5.41) is 3.38. The fraction of sp³-hybridized carbons (Fsp3) is 0.176. The second-order valence-electron chi connectivity index (χ2n) is 4.77. The van der Waals surface area contributed by atoms with Crippen molar-refractivity contribution in [1.82, 2.24) is 4.98 Å². The number of aromatic nitrogens is 1. The summed E-state index contributed by atoms with van der Waals surface area (Å²) in [6, 6.07) is 12.7. The van der Waals surface area contributed by atoms with Gasteiger partial charge in [-0.15, -0.1) is 0 Å². The molecule has 0 aliphatic carbocycles. The van der Waals surface area contributed by atoms with Crippen LogP contribution in [0.2, 0.25) is 0 Å². The van der Waals surface area contributed by atoms with E-state index in [4.69, 9.17) is 9.47 Å². The highest BCUT2D eigenvalue weighted by Gasteiger charge is 2.11. The summed E-state index contributed by atoms with van der Waals surface area (Å²) in [6.07, 6.45) is 0. The van der Waals surface area contributed by atoms with E-state index >= 15 is 0 Å². The van der Waals surface area contributed by atoms with E-state index in [9.17, 15) is 4.79 Å². The number of anilines is 1. The number of carbonyl (C=O) groups is 1. The van der Waals surface area contributed by atoms with E-state index in [1.807, 2.05) is 25.1 Å². The van der Waals surface area contributed by atoms with E-state index in [2.05, 4.69) is 10.3 Å². The number of rotatable bonds is 5. The second-order valence-corrected chi connectivity index (χ2v) is 5.80. The van der Waals surface area contributed by atoms with E-state index in [1.165, 1.54) is 11.3 Å². The third kappa shape index (κ3) is 3.43. The number of fused-ring (bicyclic) bond motifs is 1. The monoisotopic (exact) mass is 328 g/mol. The molecule has 1 N–H and O–H groups in total. The Labute approximate surface area is 137 Å². The molecule has 3 rings (SSSR count). The molecular formula is C17H16N2O3S. The van der Waals surface area contributed by atoms with Gasteiger partial charge < -0.3 is 9.47 Å². The Morgan fingerprint density at radius 2 is 2.09 bits per heavy atom. The Balaban J connectivity index is 1.81. The highest BCUT2D eigenvalue weighted by molar-refractivity contribution is 7.22. The Bertz CT molecular complexity index is 845. The lowest BCUT2D eigenvalue weighted by Crippen LogP contribution is -2.11. The molecule has 0 saturated carbocycles. The number of amides is 1. The lowest BCUT2D eigenvalue weighted by Gasteiger charge is -2.03. The highest BCUT2D eigenvalue weighted by Crippen LogP contribution is 2.29. The number of nitrogens with one attached hydrogen (secondary N) is 1. The molecule has 0 bridgehead atoms. The van der Waals surface area contributed by atoms with E-state index in [0.29, 0.717) is 23.1 Å². The number of ether oxygens (including phenoxy) is 2. The van der Waals surface area contributed by atoms with Crippen LogP contribution in [0.4, 0.5) is 5.13 Å². The zero-order chi connectivity index (χ0) is 16.2. The maximum atomic E-state index is 12.3. The summed E-state index contributed by atoms with van der Waals surface area (Å²) in [5.74, 6) is 1.23. The molecule has 0 radical (unpaired) electrons. The first-order valence-corrected chi connectivity index (χ1v) is 8.00. The Morgan fingerprint density at radius 1 is 1.22 bits per heavy atom. The molecule has 0 aliphatic heterocycles. The van der Waals surface area contributed by atoms with Gasteiger partial charge in [0.15, 0.2) is 5.13 Å². The van der Waals surface area contributed by atoms with Crippen molar-refractivity contribution in [3.8, 4) is 11.5 Å². The maximum absolute atomic E-state index is 12.3. The second kappa shape index (κ2) is 6.66. The summed E-state index contributed by atoms with van der Waals surface area (Å²) in [7, 11) is 1.57. The predicted molar refractivity (Wildman–Crippen MR) is 91.7 cm³/mol. The van der Waals surface area contributed by atoms with Crippen LogP contribution in [0.15, 0.2) is 42.5 Å². The summed E-state index contributed by atoms with van der Waals surface area (Å²) in [5.41, 5.74) is 1.36. The van der Waals surface area contributed by atoms with Crippen LogP contribution >= 0.6 is 11.3 Å². The van der Waals surface area contributed by atoms with Crippen LogP contribution in [0.3, 0.4) is 0 Å². The number of carbonyl (C=O) groups excluding carboxylic acids is 1. The lowest BCUT2D eigenvalue weighted by molar-refractivity contribution is 0.102. The van der Waals surface area contributed by atoms with Crippen molar-refractivity contribution >= 4 is 32.6 Å². The van der Waals surface area contributed by atoms with Crippen LogP contribution in [0, 0.1) is 0 Å². The molecule has 6 heteroatoms. The molecule has 0 fully saturated rings. The number of hydrogen-bond donors (Lipinski definition) is 1. The number of thiazole rings is 1. The molecule has 0 spiro atoms. The molecule has 1 amide bonds. The largest absolute Gasteiger partial charge is 0.497 e. The van der Waals surface area contributed by atoms with Crippen molar-refractivity contribution in [2.75, 3.05) is 19.0 Å². The molecular weight excluding hydrogens is 312 g/mol. The van der Waals surface area contributed by atoms with Crippen molar-refractivity contribution < 1.29 is 14.3 Å². The van der Waals surface area contributed by atoms with Gasteiger partial charge in [-0.1, -0.05) is 17.4 Å². The molecule has 0 saturated heterocycles. The minimum atomic E-state index is -0.215.